The normalized spacial score (nSPS) is 11.7. The number of rotatable bonds is 20. The first-order valence-electron chi connectivity index (χ1n) is 25.1. The van der Waals surface area contributed by atoms with E-state index in [-0.39, 0.29) is 5.91 Å². The lowest BCUT2D eigenvalue weighted by atomic mass is 10.0. The molecule has 0 aliphatic heterocycles. The van der Waals surface area contributed by atoms with E-state index in [9.17, 15) is 4.79 Å². The van der Waals surface area contributed by atoms with Gasteiger partial charge in [0.25, 0.3) is 5.91 Å². The summed E-state index contributed by atoms with van der Waals surface area (Å²) in [4.78, 5) is 22.3. The van der Waals surface area contributed by atoms with E-state index in [1.807, 2.05) is 196 Å². The van der Waals surface area contributed by atoms with Crippen LogP contribution in [0.3, 0.4) is 0 Å². The summed E-state index contributed by atoms with van der Waals surface area (Å²) in [5, 5.41) is 24.5. The van der Waals surface area contributed by atoms with Crippen molar-refractivity contribution < 1.29 is 19.1 Å². The number of benzene rings is 9. The molecule has 0 heterocycles. The summed E-state index contributed by atoms with van der Waals surface area (Å²) in [6.45, 7) is 10.2. The summed E-state index contributed by atoms with van der Waals surface area (Å²) >= 11 is 0. The Bertz CT molecular complexity index is 3470. The molecule has 0 fully saturated rings. The van der Waals surface area contributed by atoms with Crippen LogP contribution in [0.2, 0.25) is 0 Å². The Morgan fingerprint density at radius 3 is 1.47 bits per heavy atom. The molecule has 0 saturated carbocycles. The van der Waals surface area contributed by atoms with Crippen LogP contribution in [-0.2, 0) is 11.4 Å². The molecule has 0 aromatic heterocycles. The maximum absolute atomic E-state index is 14.2. The Morgan fingerprint density at radius 2 is 0.946 bits per heavy atom. The molecule has 0 radical (unpaired) electrons. The summed E-state index contributed by atoms with van der Waals surface area (Å²) in [5.74, 6) is 0.906. The number of hydrogen-bond acceptors (Lipinski definition) is 9. The smallest absolute Gasteiger partial charge is 0.262 e. The van der Waals surface area contributed by atoms with Gasteiger partial charge in [-0.1, -0.05) is 158 Å². The van der Waals surface area contributed by atoms with Gasteiger partial charge in [0.1, 0.15) is 18.0 Å². The van der Waals surface area contributed by atoms with E-state index in [0.717, 1.165) is 66.4 Å². The van der Waals surface area contributed by atoms with Crippen molar-refractivity contribution in [3.8, 4) is 11.5 Å². The third kappa shape index (κ3) is 11.8. The van der Waals surface area contributed by atoms with Crippen LogP contribution in [0, 0.1) is 0 Å². The van der Waals surface area contributed by atoms with Crippen LogP contribution in [0.15, 0.2) is 215 Å². The van der Waals surface area contributed by atoms with E-state index in [4.69, 9.17) is 29.7 Å². The van der Waals surface area contributed by atoms with Crippen LogP contribution in [0.5, 0.6) is 11.5 Å². The summed E-state index contributed by atoms with van der Waals surface area (Å²) < 4.78 is 12.5. The zero-order chi connectivity index (χ0) is 51.1. The monoisotopic (exact) mass is 974 g/mol. The third-order valence-corrected chi connectivity index (χ3v) is 12.4. The van der Waals surface area contributed by atoms with Gasteiger partial charge in [-0.15, -0.1) is 10.2 Å². The fourth-order valence-corrected chi connectivity index (χ4v) is 8.73. The maximum atomic E-state index is 14.2. The molecule has 1 amide bonds. The van der Waals surface area contributed by atoms with Crippen molar-refractivity contribution in [3.63, 3.8) is 0 Å². The van der Waals surface area contributed by atoms with Crippen molar-refractivity contribution >= 4 is 85.9 Å². The Hall–Kier alpha value is -8.99. The van der Waals surface area contributed by atoms with Gasteiger partial charge in [-0.2, -0.15) is 10.2 Å². The molecule has 368 valence electrons. The van der Waals surface area contributed by atoms with Gasteiger partial charge in [-0.3, -0.25) is 14.7 Å². The first kappa shape index (κ1) is 50.0. The molecule has 0 bridgehead atoms. The number of carbonyl (C=O) groups excluding carboxylic acids is 1. The molecule has 0 N–H and O–H groups in total. The summed E-state index contributed by atoms with van der Waals surface area (Å²) in [7, 11) is 0. The quantitative estimate of drug-likeness (QED) is 0.0430. The standard InChI is InChI=1S/C64H58N6O4/c1-5-69(55-25-11-9-12-26-55)64(71)59-44-51-24-18-20-30-58(51)61(63(59)73-8-4)68-66-54-41-35-47(36-42-54)32-38-49-22-16-15-21-48(49)37-31-46-33-39-53(40-34-46)65-67-60-57-29-19-17-23-50(57)43-52(62(60)72-7-3)45-74-70(6-2)56-27-13-10-14-28-56/h9-44H,5-8,45H2,1-4H3. The number of hydrogen-bond donors (Lipinski definition) is 0. The van der Waals surface area contributed by atoms with E-state index in [1.165, 1.54) is 0 Å². The predicted molar refractivity (Wildman–Crippen MR) is 304 cm³/mol. The molecule has 9 rings (SSSR count). The lowest BCUT2D eigenvalue weighted by molar-refractivity contribution is 0.0953. The van der Waals surface area contributed by atoms with Crippen molar-refractivity contribution in [2.24, 2.45) is 20.5 Å². The van der Waals surface area contributed by atoms with E-state index in [1.54, 1.807) is 4.90 Å². The van der Waals surface area contributed by atoms with E-state index < -0.39 is 0 Å². The molecular weight excluding hydrogens is 917 g/mol. The van der Waals surface area contributed by atoms with Crippen molar-refractivity contribution in [2.45, 2.75) is 34.3 Å². The van der Waals surface area contributed by atoms with Crippen LogP contribution in [0.1, 0.15) is 65.9 Å². The minimum atomic E-state index is -0.166. The summed E-state index contributed by atoms with van der Waals surface area (Å²) in [6.07, 6.45) is 8.42. The van der Waals surface area contributed by atoms with Gasteiger partial charge in [0.15, 0.2) is 11.5 Å². The number of nitrogens with zero attached hydrogens (tertiary/aromatic N) is 6. The van der Waals surface area contributed by atoms with Gasteiger partial charge in [0.05, 0.1) is 35.8 Å². The van der Waals surface area contributed by atoms with Gasteiger partial charge in [0.2, 0.25) is 0 Å². The van der Waals surface area contributed by atoms with Gasteiger partial charge >= 0.3 is 0 Å². The summed E-state index contributed by atoms with van der Waals surface area (Å²) in [5.41, 5.74) is 9.88. The van der Waals surface area contributed by atoms with Crippen LogP contribution in [0.25, 0.3) is 45.8 Å². The number of amides is 1. The third-order valence-electron chi connectivity index (χ3n) is 12.4. The van der Waals surface area contributed by atoms with Gasteiger partial charge in [-0.05, 0) is 121 Å². The first-order valence-corrected chi connectivity index (χ1v) is 25.1. The zero-order valence-corrected chi connectivity index (χ0v) is 42.1. The SMILES string of the molecule is CCOc1c(CON(CC)c2ccccc2)cc2ccccc2c1N=Nc1ccc(C=Cc2ccccc2C=Cc2ccc(N=Nc3c(OCC)c(C(=O)N(CC)c4ccccc4)cc4ccccc34)cc2)cc1. The number of para-hydroxylation sites is 2. The molecular formula is C64H58N6O4. The number of anilines is 2. The zero-order valence-electron chi connectivity index (χ0n) is 42.1. The molecule has 0 aliphatic carbocycles. The molecule has 9 aromatic rings. The van der Waals surface area contributed by atoms with Crippen molar-refractivity contribution in [1.29, 1.82) is 0 Å². The van der Waals surface area contributed by atoms with Crippen molar-refractivity contribution in [3.05, 3.63) is 228 Å². The van der Waals surface area contributed by atoms with Gasteiger partial charge in [0, 0.05) is 35.1 Å². The fourth-order valence-electron chi connectivity index (χ4n) is 8.73. The molecule has 9 aromatic carbocycles. The highest BCUT2D eigenvalue weighted by molar-refractivity contribution is 6.13. The first-order chi connectivity index (χ1) is 36.4. The van der Waals surface area contributed by atoms with Crippen molar-refractivity contribution in [1.82, 2.24) is 0 Å². The second-order valence-electron chi connectivity index (χ2n) is 17.2. The number of carbonyl (C=O) groups is 1. The number of azo groups is 2. The lowest BCUT2D eigenvalue weighted by Gasteiger charge is -2.23. The number of hydroxylamine groups is 1. The average Bonchev–Trinajstić information content (AvgIpc) is 3.45. The molecule has 0 aliphatic rings. The highest BCUT2D eigenvalue weighted by atomic mass is 16.7. The average molecular weight is 975 g/mol. The second-order valence-corrected chi connectivity index (χ2v) is 17.2. The Kier molecular flexibility index (Phi) is 16.5. The molecule has 10 heteroatoms. The predicted octanol–water partition coefficient (Wildman–Crippen LogP) is 17.6. The molecule has 0 atom stereocenters. The minimum absolute atomic E-state index is 0.166. The Morgan fingerprint density at radius 1 is 0.473 bits per heavy atom. The minimum Gasteiger partial charge on any atom is -0.491 e. The van der Waals surface area contributed by atoms with Crippen LogP contribution < -0.4 is 19.4 Å². The van der Waals surface area contributed by atoms with E-state index in [2.05, 4.69) is 60.6 Å². The van der Waals surface area contributed by atoms with E-state index >= 15 is 0 Å². The van der Waals surface area contributed by atoms with Crippen LogP contribution in [-0.4, -0.2) is 32.2 Å². The van der Waals surface area contributed by atoms with Crippen molar-refractivity contribution in [2.75, 3.05) is 36.3 Å². The summed E-state index contributed by atoms with van der Waals surface area (Å²) in [6, 6.07) is 64.0. The van der Waals surface area contributed by atoms with Crippen LogP contribution >= 0.6 is 0 Å². The van der Waals surface area contributed by atoms with Gasteiger partial charge < -0.3 is 14.4 Å². The van der Waals surface area contributed by atoms with Gasteiger partial charge in [-0.25, -0.2) is 0 Å². The molecule has 0 unspecified atom stereocenters. The highest BCUT2D eigenvalue weighted by Gasteiger charge is 2.25. The number of fused-ring (bicyclic) bond motifs is 2. The Labute approximate surface area is 433 Å². The molecule has 0 spiro atoms. The van der Waals surface area contributed by atoms with Crippen LogP contribution in [0.4, 0.5) is 34.1 Å². The molecule has 74 heavy (non-hydrogen) atoms. The molecule has 0 saturated heterocycles. The number of ether oxygens (including phenoxy) is 2. The highest BCUT2D eigenvalue weighted by Crippen LogP contribution is 2.43. The Balaban J connectivity index is 0.893. The topological polar surface area (TPSA) is 101 Å². The molecule has 10 nitrogen and oxygen atoms in total. The maximum Gasteiger partial charge on any atom is 0.262 e. The van der Waals surface area contributed by atoms with E-state index in [0.29, 0.717) is 67.0 Å². The fraction of sp³-hybridized carbons (Fsp3) is 0.141. The largest absolute Gasteiger partial charge is 0.491 e. The second kappa shape index (κ2) is 24.4. The lowest BCUT2D eigenvalue weighted by Crippen LogP contribution is -2.31.